The average molecular weight is 379 g/mol. The van der Waals surface area contributed by atoms with Crippen LogP contribution in [0.3, 0.4) is 0 Å². The lowest BCUT2D eigenvalue weighted by molar-refractivity contribution is -0.122. The summed E-state index contributed by atoms with van der Waals surface area (Å²) in [7, 11) is 0. The third kappa shape index (κ3) is 3.93. The Bertz CT molecular complexity index is 860. The topological polar surface area (TPSA) is 61.9 Å². The van der Waals surface area contributed by atoms with Crippen LogP contribution in [0.25, 0.3) is 0 Å². The average Bonchev–Trinajstić information content (AvgIpc) is 3.10. The fourth-order valence-corrected chi connectivity index (χ4v) is 3.92. The van der Waals surface area contributed by atoms with E-state index < -0.39 is 6.04 Å². The number of benzene rings is 2. The number of para-hydroxylation sites is 1. The molecule has 2 aliphatic heterocycles. The zero-order chi connectivity index (χ0) is 19.5. The molecular formula is C22H25N3O3. The van der Waals surface area contributed by atoms with Crippen LogP contribution in [0.5, 0.6) is 0 Å². The van der Waals surface area contributed by atoms with Crippen molar-refractivity contribution in [3.05, 3.63) is 59.7 Å². The molecule has 2 amide bonds. The molecule has 0 bridgehead atoms. The van der Waals surface area contributed by atoms with Crippen LogP contribution >= 0.6 is 0 Å². The van der Waals surface area contributed by atoms with Gasteiger partial charge in [0, 0.05) is 44.4 Å². The van der Waals surface area contributed by atoms with Gasteiger partial charge < -0.3 is 10.1 Å². The molecule has 0 aliphatic carbocycles. The van der Waals surface area contributed by atoms with Gasteiger partial charge in [0.15, 0.2) is 0 Å². The van der Waals surface area contributed by atoms with E-state index in [1.165, 1.54) is 12.5 Å². The minimum absolute atomic E-state index is 0.119. The summed E-state index contributed by atoms with van der Waals surface area (Å²) in [5.41, 5.74) is 3.81. The fourth-order valence-electron chi connectivity index (χ4n) is 3.92. The van der Waals surface area contributed by atoms with E-state index in [9.17, 15) is 9.59 Å². The zero-order valence-corrected chi connectivity index (χ0v) is 16.1. The van der Waals surface area contributed by atoms with Gasteiger partial charge in [0.25, 0.3) is 0 Å². The summed E-state index contributed by atoms with van der Waals surface area (Å²) < 4.78 is 5.38. The zero-order valence-electron chi connectivity index (χ0n) is 16.1. The van der Waals surface area contributed by atoms with E-state index in [-0.39, 0.29) is 11.8 Å². The lowest BCUT2D eigenvalue weighted by Gasteiger charge is -2.26. The van der Waals surface area contributed by atoms with Crippen molar-refractivity contribution in [2.24, 2.45) is 0 Å². The van der Waals surface area contributed by atoms with Gasteiger partial charge in [-0.25, -0.2) is 0 Å². The van der Waals surface area contributed by atoms with Crippen molar-refractivity contribution in [1.29, 1.82) is 0 Å². The van der Waals surface area contributed by atoms with Gasteiger partial charge in [-0.15, -0.1) is 0 Å². The van der Waals surface area contributed by atoms with E-state index in [4.69, 9.17) is 4.74 Å². The van der Waals surface area contributed by atoms with Crippen molar-refractivity contribution in [1.82, 2.24) is 4.90 Å². The number of carbonyl (C=O) groups excluding carboxylic acids is 2. The van der Waals surface area contributed by atoms with Crippen molar-refractivity contribution >= 4 is 23.2 Å². The minimum atomic E-state index is -0.511. The number of hydrogen-bond donors (Lipinski definition) is 1. The number of ether oxygens (including phenoxy) is 1. The smallest absolute Gasteiger partial charge is 0.247 e. The summed E-state index contributed by atoms with van der Waals surface area (Å²) in [6, 6.07) is 15.1. The first-order valence-corrected chi connectivity index (χ1v) is 9.69. The van der Waals surface area contributed by atoms with Crippen molar-refractivity contribution in [2.45, 2.75) is 25.9 Å². The summed E-state index contributed by atoms with van der Waals surface area (Å²) in [5, 5.41) is 2.97. The molecule has 1 saturated heterocycles. The van der Waals surface area contributed by atoms with E-state index in [0.29, 0.717) is 6.42 Å². The molecule has 1 atom stereocenters. The van der Waals surface area contributed by atoms with Gasteiger partial charge in [0.05, 0.1) is 13.2 Å². The summed E-state index contributed by atoms with van der Waals surface area (Å²) in [6.45, 7) is 5.84. The molecule has 1 fully saturated rings. The molecule has 2 aromatic rings. The van der Waals surface area contributed by atoms with Gasteiger partial charge in [-0.1, -0.05) is 30.3 Å². The second-order valence-corrected chi connectivity index (χ2v) is 7.31. The van der Waals surface area contributed by atoms with E-state index in [0.717, 1.165) is 49.8 Å². The molecule has 146 valence electrons. The summed E-state index contributed by atoms with van der Waals surface area (Å²) in [6.07, 6.45) is 0.538. The lowest BCUT2D eigenvalue weighted by Crippen LogP contribution is -2.44. The summed E-state index contributed by atoms with van der Waals surface area (Å²) >= 11 is 0. The molecule has 4 rings (SSSR count). The molecule has 6 nitrogen and oxygen atoms in total. The molecule has 2 aromatic carbocycles. The monoisotopic (exact) mass is 379 g/mol. The highest BCUT2D eigenvalue weighted by molar-refractivity contribution is 6.06. The molecule has 0 spiro atoms. The number of amides is 2. The first kappa shape index (κ1) is 18.7. The predicted octanol–water partition coefficient (Wildman–Crippen LogP) is 2.44. The van der Waals surface area contributed by atoms with Crippen molar-refractivity contribution in [3.63, 3.8) is 0 Å². The third-order valence-corrected chi connectivity index (χ3v) is 5.35. The van der Waals surface area contributed by atoms with E-state index in [1.54, 1.807) is 4.90 Å². The van der Waals surface area contributed by atoms with Crippen LogP contribution in [0.4, 0.5) is 11.4 Å². The molecule has 2 heterocycles. The number of nitrogens with zero attached hydrogens (tertiary/aromatic N) is 2. The van der Waals surface area contributed by atoms with Crippen molar-refractivity contribution < 1.29 is 14.3 Å². The quantitative estimate of drug-likeness (QED) is 0.886. The number of morpholine rings is 1. The second kappa shape index (κ2) is 8.12. The second-order valence-electron chi connectivity index (χ2n) is 7.31. The Balaban J connectivity index is 1.41. The Morgan fingerprint density at radius 2 is 1.79 bits per heavy atom. The Morgan fingerprint density at radius 3 is 2.50 bits per heavy atom. The Hall–Kier alpha value is -2.70. The van der Waals surface area contributed by atoms with Gasteiger partial charge in [0.2, 0.25) is 11.8 Å². The standard InChI is InChI=1S/C22H25N3O3/c1-16(26)25-20-5-3-2-4-18(20)14-21(25)22(27)23-19-8-6-17(7-9-19)15-24-10-12-28-13-11-24/h2-9,21H,10-15H2,1H3,(H,23,27)/t21-/m0/s1. The highest BCUT2D eigenvalue weighted by Gasteiger charge is 2.36. The lowest BCUT2D eigenvalue weighted by atomic mass is 10.1. The van der Waals surface area contributed by atoms with Crippen LogP contribution in [-0.2, 0) is 27.3 Å². The van der Waals surface area contributed by atoms with Crippen LogP contribution in [0.2, 0.25) is 0 Å². The van der Waals surface area contributed by atoms with Gasteiger partial charge in [-0.05, 0) is 29.3 Å². The Kier molecular flexibility index (Phi) is 5.41. The first-order chi connectivity index (χ1) is 13.6. The number of hydrogen-bond acceptors (Lipinski definition) is 4. The molecular weight excluding hydrogens is 354 g/mol. The van der Waals surface area contributed by atoms with Gasteiger partial charge in [-0.3, -0.25) is 19.4 Å². The van der Waals surface area contributed by atoms with E-state index in [2.05, 4.69) is 10.2 Å². The number of fused-ring (bicyclic) bond motifs is 1. The van der Waals surface area contributed by atoms with Crippen LogP contribution in [0.1, 0.15) is 18.1 Å². The molecule has 0 unspecified atom stereocenters. The maximum atomic E-state index is 12.9. The maximum absolute atomic E-state index is 12.9. The van der Waals surface area contributed by atoms with Crippen LogP contribution in [0, 0.1) is 0 Å². The summed E-state index contributed by atoms with van der Waals surface area (Å²) in [5.74, 6) is -0.279. The van der Waals surface area contributed by atoms with Crippen LogP contribution < -0.4 is 10.2 Å². The molecule has 2 aliphatic rings. The Morgan fingerprint density at radius 1 is 1.07 bits per heavy atom. The third-order valence-electron chi connectivity index (χ3n) is 5.35. The predicted molar refractivity (Wildman–Crippen MR) is 108 cm³/mol. The van der Waals surface area contributed by atoms with E-state index in [1.807, 2.05) is 48.5 Å². The maximum Gasteiger partial charge on any atom is 0.247 e. The normalized spacial score (nSPS) is 19.3. The van der Waals surface area contributed by atoms with Crippen LogP contribution in [0.15, 0.2) is 48.5 Å². The molecule has 0 aromatic heterocycles. The SMILES string of the molecule is CC(=O)N1c2ccccc2C[C@H]1C(=O)Nc1ccc(CN2CCOCC2)cc1. The molecule has 28 heavy (non-hydrogen) atoms. The molecule has 1 N–H and O–H groups in total. The minimum Gasteiger partial charge on any atom is -0.379 e. The van der Waals surface area contributed by atoms with Crippen molar-refractivity contribution in [2.75, 3.05) is 36.5 Å². The largest absolute Gasteiger partial charge is 0.379 e. The fraction of sp³-hybridized carbons (Fsp3) is 0.364. The van der Waals surface area contributed by atoms with E-state index >= 15 is 0 Å². The highest BCUT2D eigenvalue weighted by atomic mass is 16.5. The summed E-state index contributed by atoms with van der Waals surface area (Å²) in [4.78, 5) is 29.0. The number of rotatable bonds is 4. The number of anilines is 2. The first-order valence-electron chi connectivity index (χ1n) is 9.69. The number of carbonyl (C=O) groups is 2. The van der Waals surface area contributed by atoms with Gasteiger partial charge in [-0.2, -0.15) is 0 Å². The van der Waals surface area contributed by atoms with Gasteiger partial charge >= 0.3 is 0 Å². The highest BCUT2D eigenvalue weighted by Crippen LogP contribution is 2.32. The van der Waals surface area contributed by atoms with Crippen LogP contribution in [-0.4, -0.2) is 49.1 Å². The van der Waals surface area contributed by atoms with Crippen molar-refractivity contribution in [3.8, 4) is 0 Å². The Labute approximate surface area is 165 Å². The molecule has 6 heteroatoms. The number of nitrogens with one attached hydrogen (secondary N) is 1. The van der Waals surface area contributed by atoms with Gasteiger partial charge in [0.1, 0.15) is 6.04 Å². The molecule has 0 saturated carbocycles. The molecule has 0 radical (unpaired) electrons.